The largest absolute Gasteiger partial charge is 0.481 e. The molecule has 0 rings (SSSR count). The van der Waals surface area contributed by atoms with Gasteiger partial charge in [-0.15, -0.1) is 0 Å². The number of aliphatic hydroxyl groups excluding tert-OH is 1. The van der Waals surface area contributed by atoms with Crippen LogP contribution in [-0.4, -0.2) is 22.3 Å². The molecule has 0 saturated heterocycles. The molecule has 3 nitrogen and oxygen atoms in total. The zero-order chi connectivity index (χ0) is 24.2. The van der Waals surface area contributed by atoms with Crippen LogP contribution in [0, 0.1) is 0 Å². The summed E-state index contributed by atoms with van der Waals surface area (Å²) in [7, 11) is 0. The van der Waals surface area contributed by atoms with Crippen LogP contribution in [0.4, 0.5) is 0 Å². The monoisotopic (exact) mass is 464 g/mol. The fraction of sp³-hybridized carbons (Fsp3) is 0.833. The van der Waals surface area contributed by atoms with Crippen LogP contribution in [0.2, 0.25) is 0 Å². The van der Waals surface area contributed by atoms with E-state index >= 15 is 0 Å². The molecule has 2 N–H and O–H groups in total. The van der Waals surface area contributed by atoms with E-state index < -0.39 is 5.97 Å². The van der Waals surface area contributed by atoms with E-state index in [2.05, 4.69) is 31.2 Å². The lowest BCUT2D eigenvalue weighted by Gasteiger charge is -2.07. The molecule has 0 spiro atoms. The van der Waals surface area contributed by atoms with Gasteiger partial charge < -0.3 is 10.2 Å². The van der Waals surface area contributed by atoms with Crippen molar-refractivity contribution >= 4 is 5.97 Å². The highest BCUT2D eigenvalue weighted by atomic mass is 16.4. The number of unbranched alkanes of at least 4 members (excludes halogenated alkanes) is 17. The summed E-state index contributed by atoms with van der Waals surface area (Å²) in [6, 6.07) is 0. The Balaban J connectivity index is 3.23. The topological polar surface area (TPSA) is 57.5 Å². The Hall–Kier alpha value is -1.09. The molecule has 0 aliphatic rings. The fourth-order valence-electron chi connectivity index (χ4n) is 4.23. The van der Waals surface area contributed by atoms with Gasteiger partial charge in [-0.3, -0.25) is 4.79 Å². The number of aliphatic hydroxyl groups is 1. The lowest BCUT2D eigenvalue weighted by molar-refractivity contribution is -0.137. The van der Waals surface area contributed by atoms with Crippen molar-refractivity contribution in [3.63, 3.8) is 0 Å². The molecule has 0 fully saturated rings. The third-order valence-electron chi connectivity index (χ3n) is 6.42. The van der Waals surface area contributed by atoms with E-state index in [1.54, 1.807) is 0 Å². The number of hydrogen-bond donors (Lipinski definition) is 2. The van der Waals surface area contributed by atoms with Crippen molar-refractivity contribution in [3.8, 4) is 0 Å². The number of carboxylic acid groups (broad SMARTS) is 1. The lowest BCUT2D eigenvalue weighted by atomic mass is 10.0. The van der Waals surface area contributed by atoms with Crippen LogP contribution in [0.25, 0.3) is 0 Å². The molecule has 0 aromatic heterocycles. The number of hydrogen-bond acceptors (Lipinski definition) is 2. The summed E-state index contributed by atoms with van der Waals surface area (Å²) in [6.07, 6.45) is 35.8. The van der Waals surface area contributed by atoms with E-state index in [0.717, 1.165) is 38.5 Å². The Labute approximate surface area is 206 Å². The summed E-state index contributed by atoms with van der Waals surface area (Å²) in [6.45, 7) is 2.24. The van der Waals surface area contributed by atoms with Crippen LogP contribution in [0.3, 0.4) is 0 Å². The molecule has 0 aromatic rings. The maximum atomic E-state index is 10.4. The van der Waals surface area contributed by atoms with Gasteiger partial charge in [0.15, 0.2) is 0 Å². The summed E-state index contributed by atoms with van der Waals surface area (Å²) in [5.74, 6) is -0.663. The summed E-state index contributed by atoms with van der Waals surface area (Å²) < 4.78 is 0. The van der Waals surface area contributed by atoms with E-state index in [4.69, 9.17) is 5.11 Å². The predicted octanol–water partition coefficient (Wildman–Crippen LogP) is 9.54. The summed E-state index contributed by atoms with van der Waals surface area (Å²) in [4.78, 5) is 10.4. The van der Waals surface area contributed by atoms with Crippen molar-refractivity contribution in [2.75, 3.05) is 0 Å². The van der Waals surface area contributed by atoms with Crippen molar-refractivity contribution in [1.29, 1.82) is 0 Å². The smallest absolute Gasteiger partial charge is 0.303 e. The normalized spacial score (nSPS) is 12.8. The molecule has 0 aliphatic heterocycles. The van der Waals surface area contributed by atoms with Gasteiger partial charge >= 0.3 is 5.97 Å². The first kappa shape index (κ1) is 31.9. The Kier molecular flexibility index (Phi) is 26.3. The Morgan fingerprint density at radius 3 is 1.64 bits per heavy atom. The summed E-state index contributed by atoms with van der Waals surface area (Å²) >= 11 is 0. The van der Waals surface area contributed by atoms with Crippen molar-refractivity contribution in [3.05, 3.63) is 24.3 Å². The van der Waals surface area contributed by atoms with E-state index in [1.165, 1.54) is 103 Å². The zero-order valence-corrected chi connectivity index (χ0v) is 22.0. The molecule has 0 amide bonds. The molecule has 0 aliphatic carbocycles. The molecular formula is C30H56O3. The predicted molar refractivity (Wildman–Crippen MR) is 144 cm³/mol. The molecule has 0 radical (unpaired) electrons. The number of carbonyl (C=O) groups is 1. The second-order valence-electron chi connectivity index (χ2n) is 9.80. The van der Waals surface area contributed by atoms with Crippen LogP contribution in [0.5, 0.6) is 0 Å². The zero-order valence-electron chi connectivity index (χ0n) is 22.0. The highest BCUT2D eigenvalue weighted by molar-refractivity contribution is 5.66. The van der Waals surface area contributed by atoms with Crippen LogP contribution >= 0.6 is 0 Å². The van der Waals surface area contributed by atoms with Gasteiger partial charge in [0.25, 0.3) is 0 Å². The Morgan fingerprint density at radius 2 is 1.12 bits per heavy atom. The van der Waals surface area contributed by atoms with E-state index in [9.17, 15) is 9.90 Å². The van der Waals surface area contributed by atoms with Gasteiger partial charge in [-0.25, -0.2) is 0 Å². The second kappa shape index (κ2) is 27.2. The molecule has 0 aromatic carbocycles. The van der Waals surface area contributed by atoms with Crippen LogP contribution in [0.1, 0.15) is 155 Å². The highest BCUT2D eigenvalue weighted by Crippen LogP contribution is 2.15. The average Bonchev–Trinajstić information content (AvgIpc) is 2.79. The quantitative estimate of drug-likeness (QED) is 0.0989. The van der Waals surface area contributed by atoms with Crippen molar-refractivity contribution in [2.24, 2.45) is 0 Å². The number of rotatable bonds is 26. The SMILES string of the molecule is CCCCCC=CCC=CCC(O)CCCCCCCCCCCCCCCCCC(=O)O. The van der Waals surface area contributed by atoms with Crippen molar-refractivity contribution in [1.82, 2.24) is 0 Å². The average molecular weight is 465 g/mol. The molecule has 0 bridgehead atoms. The van der Waals surface area contributed by atoms with Crippen LogP contribution in [0.15, 0.2) is 24.3 Å². The number of allylic oxidation sites excluding steroid dienone is 3. The number of carboxylic acids is 1. The lowest BCUT2D eigenvalue weighted by Crippen LogP contribution is -2.04. The van der Waals surface area contributed by atoms with Gasteiger partial charge in [0.1, 0.15) is 0 Å². The van der Waals surface area contributed by atoms with Gasteiger partial charge in [-0.05, 0) is 38.5 Å². The molecule has 194 valence electrons. The Bertz CT molecular complexity index is 455. The third-order valence-corrected chi connectivity index (χ3v) is 6.42. The minimum Gasteiger partial charge on any atom is -0.481 e. The van der Waals surface area contributed by atoms with E-state index in [0.29, 0.717) is 6.42 Å². The highest BCUT2D eigenvalue weighted by Gasteiger charge is 2.01. The second-order valence-corrected chi connectivity index (χ2v) is 9.80. The molecule has 3 heteroatoms. The maximum absolute atomic E-state index is 10.4. The molecule has 1 unspecified atom stereocenters. The number of aliphatic carboxylic acids is 1. The van der Waals surface area contributed by atoms with Gasteiger partial charge in [0.05, 0.1) is 6.10 Å². The van der Waals surface area contributed by atoms with Gasteiger partial charge in [0.2, 0.25) is 0 Å². The van der Waals surface area contributed by atoms with E-state index in [1.807, 2.05) is 0 Å². The molecule has 0 saturated carbocycles. The first-order valence-electron chi connectivity index (χ1n) is 14.4. The van der Waals surface area contributed by atoms with Crippen molar-refractivity contribution in [2.45, 2.75) is 161 Å². The fourth-order valence-corrected chi connectivity index (χ4v) is 4.23. The standard InChI is InChI=1S/C30H56O3/c1-2-3-4-5-6-14-17-20-23-26-29(31)27-24-21-18-15-12-10-8-7-9-11-13-16-19-22-25-28-30(32)33/h6,14,20,23,29,31H,2-5,7-13,15-19,21-22,24-28H2,1H3,(H,32,33). The van der Waals surface area contributed by atoms with Crippen LogP contribution < -0.4 is 0 Å². The minimum absolute atomic E-state index is 0.167. The first-order valence-corrected chi connectivity index (χ1v) is 14.4. The molecule has 1 atom stereocenters. The molecule has 0 heterocycles. The maximum Gasteiger partial charge on any atom is 0.303 e. The Morgan fingerprint density at radius 1 is 0.636 bits per heavy atom. The third kappa shape index (κ3) is 28.9. The summed E-state index contributed by atoms with van der Waals surface area (Å²) in [5, 5.41) is 18.7. The molecule has 33 heavy (non-hydrogen) atoms. The molecular weight excluding hydrogens is 408 g/mol. The minimum atomic E-state index is -0.663. The summed E-state index contributed by atoms with van der Waals surface area (Å²) in [5.41, 5.74) is 0. The van der Waals surface area contributed by atoms with Crippen LogP contribution in [-0.2, 0) is 4.79 Å². The van der Waals surface area contributed by atoms with Gasteiger partial charge in [-0.2, -0.15) is 0 Å². The van der Waals surface area contributed by atoms with Gasteiger partial charge in [0, 0.05) is 6.42 Å². The van der Waals surface area contributed by atoms with E-state index in [-0.39, 0.29) is 6.10 Å². The van der Waals surface area contributed by atoms with Gasteiger partial charge in [-0.1, -0.05) is 134 Å². The first-order chi connectivity index (χ1) is 16.2. The van der Waals surface area contributed by atoms with Crippen molar-refractivity contribution < 1.29 is 15.0 Å².